The lowest BCUT2D eigenvalue weighted by atomic mass is 10.1. The average Bonchev–Trinajstić information content (AvgIpc) is 3.03. The second-order valence-corrected chi connectivity index (χ2v) is 10.2. The summed E-state index contributed by atoms with van der Waals surface area (Å²) in [5.41, 5.74) is 2.54. The number of nitrogens with zero attached hydrogens (tertiary/aromatic N) is 1. The van der Waals surface area contributed by atoms with Crippen LogP contribution in [0.3, 0.4) is 0 Å². The average molecular weight is 594 g/mol. The van der Waals surface area contributed by atoms with Crippen LogP contribution in [0.4, 0.5) is 4.79 Å². The Balaban J connectivity index is 1.55. The van der Waals surface area contributed by atoms with E-state index in [1.54, 1.807) is 6.08 Å². The van der Waals surface area contributed by atoms with Gasteiger partial charge < -0.3 is 4.74 Å². The molecule has 4 nitrogen and oxygen atoms in total. The number of imide groups is 1. The summed E-state index contributed by atoms with van der Waals surface area (Å²) in [4.78, 5) is 27.1. The molecule has 1 saturated heterocycles. The maximum Gasteiger partial charge on any atom is 0.293 e. The molecule has 1 aliphatic rings. The number of carbonyl (C=O) groups is 2. The maximum absolute atomic E-state index is 13.0. The van der Waals surface area contributed by atoms with Crippen LogP contribution in [0.2, 0.25) is 5.02 Å². The first-order valence-corrected chi connectivity index (χ1v) is 12.3. The summed E-state index contributed by atoms with van der Waals surface area (Å²) in [6, 6.07) is 20.5. The van der Waals surface area contributed by atoms with Gasteiger partial charge >= 0.3 is 0 Å². The second kappa shape index (κ2) is 10.3. The van der Waals surface area contributed by atoms with E-state index in [0.29, 0.717) is 27.8 Å². The molecule has 1 heterocycles. The van der Waals surface area contributed by atoms with Gasteiger partial charge in [-0.15, -0.1) is 0 Å². The first kappa shape index (κ1) is 23.1. The number of rotatable bonds is 6. The maximum atomic E-state index is 13.0. The van der Waals surface area contributed by atoms with E-state index in [2.05, 4.69) is 31.9 Å². The summed E-state index contributed by atoms with van der Waals surface area (Å²) in [5, 5.41) is 0.368. The zero-order chi connectivity index (χ0) is 22.7. The molecule has 1 fully saturated rings. The number of hydrogen-bond acceptors (Lipinski definition) is 4. The van der Waals surface area contributed by atoms with E-state index < -0.39 is 0 Å². The summed E-state index contributed by atoms with van der Waals surface area (Å²) in [6.45, 7) is 0.561. The van der Waals surface area contributed by atoms with Crippen molar-refractivity contribution >= 4 is 72.4 Å². The minimum absolute atomic E-state index is 0.210. The Kier molecular flexibility index (Phi) is 7.40. The third-order valence-electron chi connectivity index (χ3n) is 4.73. The van der Waals surface area contributed by atoms with Crippen LogP contribution in [0.5, 0.6) is 5.75 Å². The lowest BCUT2D eigenvalue weighted by Gasteiger charge is -2.13. The van der Waals surface area contributed by atoms with E-state index in [0.717, 1.165) is 31.8 Å². The molecule has 32 heavy (non-hydrogen) atoms. The summed E-state index contributed by atoms with van der Waals surface area (Å²) in [6.07, 6.45) is 1.70. The minimum Gasteiger partial charge on any atom is -0.488 e. The van der Waals surface area contributed by atoms with Gasteiger partial charge in [-0.1, -0.05) is 73.8 Å². The Morgan fingerprint density at radius 1 is 1.00 bits per heavy atom. The molecule has 0 bridgehead atoms. The third-order valence-corrected chi connectivity index (χ3v) is 7.15. The summed E-state index contributed by atoms with van der Waals surface area (Å²) < 4.78 is 7.69. The first-order chi connectivity index (χ1) is 15.4. The molecule has 0 atom stereocenters. The highest BCUT2D eigenvalue weighted by Gasteiger charge is 2.35. The molecule has 0 spiro atoms. The Morgan fingerprint density at radius 3 is 2.50 bits per heavy atom. The number of ether oxygens (including phenoxy) is 1. The minimum atomic E-state index is -0.320. The summed E-state index contributed by atoms with van der Waals surface area (Å²) in [5.74, 6) is 0.292. The van der Waals surface area contributed by atoms with Gasteiger partial charge in [-0.25, -0.2) is 0 Å². The van der Waals surface area contributed by atoms with Crippen LogP contribution in [-0.4, -0.2) is 16.0 Å². The molecule has 0 aromatic heterocycles. The molecule has 1 aliphatic heterocycles. The van der Waals surface area contributed by atoms with Gasteiger partial charge in [0, 0.05) is 19.5 Å². The zero-order valence-corrected chi connectivity index (χ0v) is 21.3. The highest BCUT2D eigenvalue weighted by molar-refractivity contribution is 9.10. The van der Waals surface area contributed by atoms with Gasteiger partial charge in [0.05, 0.1) is 11.4 Å². The van der Waals surface area contributed by atoms with Crippen LogP contribution in [0.15, 0.2) is 80.6 Å². The van der Waals surface area contributed by atoms with Crippen molar-refractivity contribution in [1.29, 1.82) is 0 Å². The molecule has 162 valence electrons. The number of hydrogen-bond donors (Lipinski definition) is 0. The van der Waals surface area contributed by atoms with Crippen molar-refractivity contribution in [2.24, 2.45) is 0 Å². The van der Waals surface area contributed by atoms with E-state index in [1.807, 2.05) is 66.7 Å². The lowest BCUT2D eigenvalue weighted by molar-refractivity contribution is -0.123. The molecule has 4 rings (SSSR count). The van der Waals surface area contributed by atoms with Crippen molar-refractivity contribution < 1.29 is 14.3 Å². The molecule has 0 radical (unpaired) electrons. The molecule has 0 saturated carbocycles. The number of halogens is 3. The van der Waals surface area contributed by atoms with Crippen molar-refractivity contribution in [1.82, 2.24) is 4.90 Å². The second-order valence-electron chi connectivity index (χ2n) is 6.96. The third kappa shape index (κ3) is 5.46. The van der Waals surface area contributed by atoms with Crippen LogP contribution in [0, 0.1) is 0 Å². The molecule has 0 aliphatic carbocycles. The quantitative estimate of drug-likeness (QED) is 0.275. The summed E-state index contributed by atoms with van der Waals surface area (Å²) >= 11 is 13.8. The standard InChI is InChI=1S/C24H16Br2ClNO3S/c25-18-7-10-21(31-14-15-5-8-19(27)9-6-15)17(11-18)12-22-23(29)28(24(30)32-22)13-16-3-1-2-4-20(16)26/h1-12H,13-14H2/b22-12-. The van der Waals surface area contributed by atoms with E-state index in [-0.39, 0.29) is 17.7 Å². The molecule has 8 heteroatoms. The highest BCUT2D eigenvalue weighted by atomic mass is 79.9. The van der Waals surface area contributed by atoms with Gasteiger partial charge in [0.1, 0.15) is 12.4 Å². The smallest absolute Gasteiger partial charge is 0.293 e. The SMILES string of the molecule is O=C1S/C(=C\c2cc(Br)ccc2OCc2ccc(Cl)cc2)C(=O)N1Cc1ccccc1Br. The highest BCUT2D eigenvalue weighted by Crippen LogP contribution is 2.36. The van der Waals surface area contributed by atoms with Crippen molar-refractivity contribution in [3.8, 4) is 5.75 Å². The fourth-order valence-electron chi connectivity index (χ4n) is 3.08. The van der Waals surface area contributed by atoms with Gasteiger partial charge in [0.25, 0.3) is 11.1 Å². The van der Waals surface area contributed by atoms with E-state index >= 15 is 0 Å². The predicted octanol–water partition coefficient (Wildman–Crippen LogP) is 7.68. The fourth-order valence-corrected chi connectivity index (χ4v) is 4.82. The largest absolute Gasteiger partial charge is 0.488 e. The van der Waals surface area contributed by atoms with E-state index in [1.165, 1.54) is 4.90 Å². The summed E-state index contributed by atoms with van der Waals surface area (Å²) in [7, 11) is 0. The first-order valence-electron chi connectivity index (χ1n) is 9.56. The normalized spacial score (nSPS) is 15.0. The van der Waals surface area contributed by atoms with Gasteiger partial charge in [-0.05, 0) is 65.4 Å². The van der Waals surface area contributed by atoms with Crippen LogP contribution in [-0.2, 0) is 17.9 Å². The topological polar surface area (TPSA) is 46.6 Å². The Morgan fingerprint density at radius 2 is 1.75 bits per heavy atom. The fraction of sp³-hybridized carbons (Fsp3) is 0.0833. The van der Waals surface area contributed by atoms with Gasteiger partial charge in [-0.3, -0.25) is 14.5 Å². The van der Waals surface area contributed by atoms with Gasteiger partial charge in [-0.2, -0.15) is 0 Å². The molecule has 3 aromatic carbocycles. The van der Waals surface area contributed by atoms with Crippen molar-refractivity contribution in [3.05, 3.63) is 102 Å². The molecule has 0 unspecified atom stereocenters. The van der Waals surface area contributed by atoms with E-state index in [4.69, 9.17) is 16.3 Å². The number of benzene rings is 3. The van der Waals surface area contributed by atoms with Crippen molar-refractivity contribution in [3.63, 3.8) is 0 Å². The van der Waals surface area contributed by atoms with Crippen molar-refractivity contribution in [2.45, 2.75) is 13.2 Å². The van der Waals surface area contributed by atoms with Crippen LogP contribution < -0.4 is 4.74 Å². The van der Waals surface area contributed by atoms with Crippen molar-refractivity contribution in [2.75, 3.05) is 0 Å². The molecular weight excluding hydrogens is 578 g/mol. The zero-order valence-electron chi connectivity index (χ0n) is 16.6. The molecular formula is C24H16Br2ClNO3S. The lowest BCUT2D eigenvalue weighted by Crippen LogP contribution is -2.27. The van der Waals surface area contributed by atoms with E-state index in [9.17, 15) is 9.59 Å². The monoisotopic (exact) mass is 591 g/mol. The predicted molar refractivity (Wildman–Crippen MR) is 136 cm³/mol. The Labute approximate surface area is 211 Å². The number of amides is 2. The Hall–Kier alpha value is -2.06. The van der Waals surface area contributed by atoms with Crippen LogP contribution >= 0.6 is 55.2 Å². The Bertz CT molecular complexity index is 1210. The molecule has 3 aromatic rings. The molecule has 0 N–H and O–H groups in total. The van der Waals surface area contributed by atoms with Crippen LogP contribution in [0.1, 0.15) is 16.7 Å². The van der Waals surface area contributed by atoms with Gasteiger partial charge in [0.2, 0.25) is 0 Å². The number of thioether (sulfide) groups is 1. The number of carbonyl (C=O) groups excluding carboxylic acids is 2. The van der Waals surface area contributed by atoms with Crippen LogP contribution in [0.25, 0.3) is 6.08 Å². The molecule has 2 amide bonds. The van der Waals surface area contributed by atoms with Gasteiger partial charge in [0.15, 0.2) is 0 Å².